The summed E-state index contributed by atoms with van der Waals surface area (Å²) in [6, 6.07) is 12.9. The van der Waals surface area contributed by atoms with E-state index in [0.29, 0.717) is 0 Å². The molecule has 1 saturated heterocycles. The van der Waals surface area contributed by atoms with Gasteiger partial charge in [0.05, 0.1) is 5.92 Å². The van der Waals surface area contributed by atoms with Crippen LogP contribution in [-0.4, -0.2) is 56.6 Å². The van der Waals surface area contributed by atoms with Gasteiger partial charge in [0.25, 0.3) is 0 Å². The number of hydrogen-bond donors (Lipinski definition) is 0. The lowest BCUT2D eigenvalue weighted by molar-refractivity contribution is -0.130. The van der Waals surface area contributed by atoms with E-state index in [1.807, 2.05) is 20.3 Å². The highest BCUT2D eigenvalue weighted by atomic mass is 16.2. The summed E-state index contributed by atoms with van der Waals surface area (Å²) in [5.74, 6) is 1.28. The molecule has 1 aromatic heterocycles. The van der Waals surface area contributed by atoms with E-state index in [0.717, 1.165) is 44.7 Å². The van der Waals surface area contributed by atoms with Crippen molar-refractivity contribution in [3.63, 3.8) is 0 Å². The molecule has 1 aliphatic carbocycles. The maximum absolute atomic E-state index is 12.9. The molecule has 1 aromatic carbocycles. The Balaban J connectivity index is 1.55. The second-order valence-electron chi connectivity index (χ2n) is 8.73. The van der Waals surface area contributed by atoms with Crippen molar-refractivity contribution in [1.82, 2.24) is 9.88 Å². The molecular weight excluding hydrogens is 360 g/mol. The summed E-state index contributed by atoms with van der Waals surface area (Å²) in [5.41, 5.74) is 3.96. The first-order valence-corrected chi connectivity index (χ1v) is 10.7. The Morgan fingerprint density at radius 1 is 1.17 bits per heavy atom. The molecule has 0 N–H and O–H groups in total. The molecule has 4 rings (SSSR count). The van der Waals surface area contributed by atoms with Crippen LogP contribution in [0.2, 0.25) is 0 Å². The van der Waals surface area contributed by atoms with Crippen molar-refractivity contribution < 1.29 is 4.79 Å². The van der Waals surface area contributed by atoms with E-state index in [2.05, 4.69) is 65.2 Å². The van der Waals surface area contributed by atoms with Crippen molar-refractivity contribution in [2.75, 3.05) is 50.6 Å². The number of anilines is 2. The summed E-state index contributed by atoms with van der Waals surface area (Å²) in [5, 5.41) is 0. The van der Waals surface area contributed by atoms with Gasteiger partial charge in [0.15, 0.2) is 0 Å². The van der Waals surface area contributed by atoms with Crippen LogP contribution >= 0.6 is 0 Å². The summed E-state index contributed by atoms with van der Waals surface area (Å²) in [6.45, 7) is 5.09. The summed E-state index contributed by atoms with van der Waals surface area (Å²) in [4.78, 5) is 23.9. The number of carbonyl (C=O) groups excluding carboxylic acids is 1. The molecule has 1 unspecified atom stereocenters. The van der Waals surface area contributed by atoms with Crippen molar-refractivity contribution in [3.8, 4) is 0 Å². The zero-order valence-electron chi connectivity index (χ0n) is 18.1. The number of aromatic nitrogens is 1. The van der Waals surface area contributed by atoms with Crippen molar-refractivity contribution in [3.05, 3.63) is 53.7 Å². The van der Waals surface area contributed by atoms with Gasteiger partial charge in [0, 0.05) is 64.1 Å². The van der Waals surface area contributed by atoms with Crippen molar-refractivity contribution in [2.45, 2.75) is 37.5 Å². The largest absolute Gasteiger partial charge is 0.375 e. The highest BCUT2D eigenvalue weighted by molar-refractivity contribution is 5.85. The first-order chi connectivity index (χ1) is 13.9. The van der Waals surface area contributed by atoms with Crippen LogP contribution in [0.4, 0.5) is 11.5 Å². The lowest BCUT2D eigenvalue weighted by Crippen LogP contribution is -2.42. The van der Waals surface area contributed by atoms with Crippen LogP contribution < -0.4 is 9.80 Å². The van der Waals surface area contributed by atoms with Crippen LogP contribution in [0, 0.1) is 0 Å². The fraction of sp³-hybridized carbons (Fsp3) is 0.500. The van der Waals surface area contributed by atoms with E-state index < -0.39 is 0 Å². The van der Waals surface area contributed by atoms with Crippen LogP contribution in [-0.2, 0) is 10.2 Å². The van der Waals surface area contributed by atoms with Gasteiger partial charge in [-0.05, 0) is 43.4 Å². The number of fused-ring (bicyclic) bond motifs is 2. The van der Waals surface area contributed by atoms with Gasteiger partial charge in [-0.2, -0.15) is 0 Å². The lowest BCUT2D eigenvalue weighted by atomic mass is 9.73. The van der Waals surface area contributed by atoms with Gasteiger partial charge >= 0.3 is 0 Å². The normalized spacial score (nSPS) is 19.9. The lowest BCUT2D eigenvalue weighted by Gasteiger charge is -2.41. The zero-order chi connectivity index (χ0) is 20.6. The molecule has 0 saturated carbocycles. The highest BCUT2D eigenvalue weighted by Crippen LogP contribution is 2.52. The molecule has 0 radical (unpaired) electrons. The van der Waals surface area contributed by atoms with E-state index in [9.17, 15) is 4.79 Å². The van der Waals surface area contributed by atoms with Crippen LogP contribution in [0.15, 0.2) is 42.6 Å². The third kappa shape index (κ3) is 3.47. The van der Waals surface area contributed by atoms with Gasteiger partial charge in [-0.1, -0.05) is 24.3 Å². The van der Waals surface area contributed by atoms with Crippen LogP contribution in [0.3, 0.4) is 0 Å². The molecule has 1 aliphatic heterocycles. The fourth-order valence-corrected chi connectivity index (χ4v) is 5.06. The van der Waals surface area contributed by atoms with E-state index in [-0.39, 0.29) is 17.2 Å². The Morgan fingerprint density at radius 2 is 1.90 bits per heavy atom. The Labute approximate surface area is 174 Å². The third-order valence-corrected chi connectivity index (χ3v) is 6.93. The quantitative estimate of drug-likeness (QED) is 0.796. The minimum atomic E-state index is -0.00703. The van der Waals surface area contributed by atoms with Gasteiger partial charge in [-0.15, -0.1) is 0 Å². The molecule has 0 bridgehead atoms. The molecule has 29 heavy (non-hydrogen) atoms. The summed E-state index contributed by atoms with van der Waals surface area (Å²) >= 11 is 0. The SMILES string of the molecule is CCN(C)c1ccnc(N2CCC3(CC2)CC(C(=O)N(C)C)c2ccccc23)c1. The zero-order valence-corrected chi connectivity index (χ0v) is 18.1. The first kappa shape index (κ1) is 19.7. The first-order valence-electron chi connectivity index (χ1n) is 10.7. The summed E-state index contributed by atoms with van der Waals surface area (Å²) in [6.07, 6.45) is 4.98. The number of pyridine rings is 1. The molecule has 1 fully saturated rings. The monoisotopic (exact) mass is 392 g/mol. The highest BCUT2D eigenvalue weighted by Gasteiger charge is 2.47. The topological polar surface area (TPSA) is 39.7 Å². The second kappa shape index (κ2) is 7.69. The Morgan fingerprint density at radius 3 is 2.59 bits per heavy atom. The summed E-state index contributed by atoms with van der Waals surface area (Å²) in [7, 11) is 5.84. The van der Waals surface area contributed by atoms with E-state index >= 15 is 0 Å². The van der Waals surface area contributed by atoms with E-state index in [4.69, 9.17) is 0 Å². The molecule has 5 heteroatoms. The maximum Gasteiger partial charge on any atom is 0.229 e. The van der Waals surface area contributed by atoms with E-state index in [1.165, 1.54) is 16.8 Å². The van der Waals surface area contributed by atoms with Gasteiger partial charge in [-0.3, -0.25) is 4.79 Å². The molecule has 2 heterocycles. The average Bonchev–Trinajstić information content (AvgIpc) is 3.07. The van der Waals surface area contributed by atoms with Crippen LogP contribution in [0.5, 0.6) is 0 Å². The standard InChI is InChI=1S/C24H32N4O/c1-5-27(4)18-10-13-25-22(16-18)28-14-11-24(12-15-28)17-20(23(29)26(2)3)19-8-6-7-9-21(19)24/h6-10,13,16,20H,5,11-12,14-15,17H2,1-4H3. The predicted molar refractivity (Wildman–Crippen MR) is 119 cm³/mol. The maximum atomic E-state index is 12.9. The fourth-order valence-electron chi connectivity index (χ4n) is 5.06. The number of hydrogen-bond acceptors (Lipinski definition) is 4. The smallest absolute Gasteiger partial charge is 0.229 e. The van der Waals surface area contributed by atoms with Crippen molar-refractivity contribution >= 4 is 17.4 Å². The number of rotatable bonds is 4. The minimum absolute atomic E-state index is 0.00703. The molecular formula is C24H32N4O. The molecule has 1 amide bonds. The Bertz CT molecular complexity index is 886. The van der Waals surface area contributed by atoms with E-state index in [1.54, 1.807) is 4.90 Å². The number of carbonyl (C=O) groups is 1. The molecule has 1 atom stereocenters. The van der Waals surface area contributed by atoms with Crippen molar-refractivity contribution in [2.24, 2.45) is 0 Å². The van der Waals surface area contributed by atoms with Gasteiger partial charge in [0.2, 0.25) is 5.91 Å². The molecule has 2 aliphatic rings. The molecule has 2 aromatic rings. The minimum Gasteiger partial charge on any atom is -0.375 e. The predicted octanol–water partition coefficient (Wildman–Crippen LogP) is 3.65. The van der Waals surface area contributed by atoms with Crippen LogP contribution in [0.1, 0.15) is 43.2 Å². The number of likely N-dealkylation sites (N-methyl/N-ethyl adjacent to an activating group) is 1. The molecule has 154 valence electrons. The Kier molecular flexibility index (Phi) is 5.24. The average molecular weight is 393 g/mol. The number of amides is 1. The number of nitrogens with zero attached hydrogens (tertiary/aromatic N) is 4. The van der Waals surface area contributed by atoms with Gasteiger partial charge in [0.1, 0.15) is 5.82 Å². The van der Waals surface area contributed by atoms with Gasteiger partial charge in [-0.25, -0.2) is 4.98 Å². The number of piperidine rings is 1. The second-order valence-corrected chi connectivity index (χ2v) is 8.73. The van der Waals surface area contributed by atoms with Gasteiger partial charge < -0.3 is 14.7 Å². The Hall–Kier alpha value is -2.56. The molecule has 1 spiro atoms. The number of benzene rings is 1. The summed E-state index contributed by atoms with van der Waals surface area (Å²) < 4.78 is 0. The third-order valence-electron chi connectivity index (χ3n) is 6.93. The molecule has 5 nitrogen and oxygen atoms in total. The van der Waals surface area contributed by atoms with Crippen molar-refractivity contribution in [1.29, 1.82) is 0 Å². The van der Waals surface area contributed by atoms with Crippen LogP contribution in [0.25, 0.3) is 0 Å².